The smallest absolute Gasteiger partial charge is 0.293 e. The number of carbonyl (C=O) groups excluding carboxylic acids is 4. The number of aromatic nitrogens is 3. The Hall–Kier alpha value is -5.58. The summed E-state index contributed by atoms with van der Waals surface area (Å²) in [7, 11) is 0. The third-order valence-electron chi connectivity index (χ3n) is 13.1. The number of carbonyl (C=O) groups is 4. The molecule has 0 spiro atoms. The van der Waals surface area contributed by atoms with E-state index < -0.39 is 18.6 Å². The van der Waals surface area contributed by atoms with Crippen LogP contribution in [0.25, 0.3) is 10.9 Å². The van der Waals surface area contributed by atoms with E-state index in [2.05, 4.69) is 37.6 Å². The minimum Gasteiger partial charge on any atom is -0.478 e. The average Bonchev–Trinajstić information content (AvgIpc) is 3.57. The number of nitrogens with zero attached hydrogens (tertiary/aromatic N) is 6. The number of ether oxygens (including phenoxy) is 2. The molecule has 4 aliphatic heterocycles. The second-order valence-corrected chi connectivity index (χ2v) is 17.9. The van der Waals surface area contributed by atoms with E-state index in [1.165, 1.54) is 5.56 Å². The summed E-state index contributed by atoms with van der Waals surface area (Å²) in [5, 5.41) is 6.80. The lowest BCUT2D eigenvalue weighted by Gasteiger charge is -2.47. The summed E-state index contributed by atoms with van der Waals surface area (Å²) in [6, 6.07) is 13.2. The van der Waals surface area contributed by atoms with Crippen molar-refractivity contribution in [3.05, 3.63) is 80.7 Å². The molecule has 17 heteroatoms. The highest BCUT2D eigenvalue weighted by Gasteiger charge is 2.40. The number of hydrogen-bond acceptors (Lipinski definition) is 12. The van der Waals surface area contributed by atoms with Crippen molar-refractivity contribution in [2.75, 3.05) is 43.0 Å². The van der Waals surface area contributed by atoms with Gasteiger partial charge in [-0.25, -0.2) is 4.98 Å². The zero-order valence-corrected chi connectivity index (χ0v) is 35.7. The molecule has 1 aliphatic carbocycles. The van der Waals surface area contributed by atoms with Gasteiger partial charge in [-0.2, -0.15) is 4.98 Å². The van der Waals surface area contributed by atoms with Crippen LogP contribution in [-0.4, -0.2) is 105 Å². The predicted molar refractivity (Wildman–Crippen MR) is 233 cm³/mol. The molecule has 3 saturated heterocycles. The van der Waals surface area contributed by atoms with Crippen molar-refractivity contribution in [2.45, 2.75) is 108 Å². The Morgan fingerprint density at radius 2 is 1.74 bits per heavy atom. The van der Waals surface area contributed by atoms with Gasteiger partial charge >= 0.3 is 0 Å². The zero-order valence-electron chi connectivity index (χ0n) is 35.0. The van der Waals surface area contributed by atoms with Crippen LogP contribution in [0.15, 0.2) is 53.5 Å². The van der Waals surface area contributed by atoms with Crippen molar-refractivity contribution in [3.8, 4) is 5.75 Å². The largest absolute Gasteiger partial charge is 0.478 e. The van der Waals surface area contributed by atoms with Crippen molar-refractivity contribution < 1.29 is 28.7 Å². The topological polar surface area (TPSA) is 194 Å². The Kier molecular flexibility index (Phi) is 11.6. The standard InChI is InChI=1S/C45H52ClN9O7/c1-25(2)55-36-10-6-30(18-28(36)19-38(44(55)60)61-24-39(47)56)49-41-35(46)20-48-45(51-41)52-15-13-32(14-16-52)62-33-22-53(23-33)31-7-3-26(4-8-31)27-5-9-34-29(17-27)21-54(43(34)59)37-11-12-40(57)50-42(37)58/h5-6,9-10,17-20,25-26,31-33,37H,3-4,7-8,11-16,21-24H2,1-2H3,(H2,47,56)(H,48,49,51)(H,50,57,58)/t26-,31+,37?. The number of imide groups is 1. The average molecular weight is 866 g/mol. The van der Waals surface area contributed by atoms with E-state index >= 15 is 0 Å². The lowest BCUT2D eigenvalue weighted by atomic mass is 9.80. The van der Waals surface area contributed by atoms with Crippen molar-refractivity contribution >= 4 is 63.6 Å². The van der Waals surface area contributed by atoms with Crippen LogP contribution >= 0.6 is 11.6 Å². The van der Waals surface area contributed by atoms with Crippen LogP contribution in [0.5, 0.6) is 5.75 Å². The fourth-order valence-corrected chi connectivity index (χ4v) is 9.98. The summed E-state index contributed by atoms with van der Waals surface area (Å²) in [4.78, 5) is 77.5. The lowest BCUT2D eigenvalue weighted by molar-refractivity contribution is -0.137. The first-order valence-corrected chi connectivity index (χ1v) is 22.1. The fourth-order valence-electron chi connectivity index (χ4n) is 9.84. The van der Waals surface area contributed by atoms with Gasteiger partial charge in [0.15, 0.2) is 18.2 Å². The Bertz CT molecular complexity index is 2470. The minimum atomic E-state index is -0.669. The highest BCUT2D eigenvalue weighted by atomic mass is 35.5. The van der Waals surface area contributed by atoms with E-state index in [-0.39, 0.29) is 53.7 Å². The number of nitrogens with one attached hydrogen (secondary N) is 2. The maximum Gasteiger partial charge on any atom is 0.293 e. The number of nitrogens with two attached hydrogens (primary N) is 1. The Morgan fingerprint density at radius 1 is 0.968 bits per heavy atom. The lowest BCUT2D eigenvalue weighted by Crippen LogP contribution is -2.58. The number of benzene rings is 2. The molecule has 0 bridgehead atoms. The molecule has 1 atom stereocenters. The van der Waals surface area contributed by atoms with E-state index in [9.17, 15) is 24.0 Å². The molecule has 4 fully saturated rings. The molecular weight excluding hydrogens is 814 g/mol. The third kappa shape index (κ3) is 8.47. The molecule has 1 saturated carbocycles. The number of primary amides is 1. The first-order chi connectivity index (χ1) is 29.9. The Morgan fingerprint density at radius 3 is 2.47 bits per heavy atom. The van der Waals surface area contributed by atoms with Crippen LogP contribution in [0.1, 0.15) is 98.7 Å². The van der Waals surface area contributed by atoms with Crippen molar-refractivity contribution in [2.24, 2.45) is 5.73 Å². The highest BCUT2D eigenvalue weighted by molar-refractivity contribution is 6.33. The van der Waals surface area contributed by atoms with Crippen molar-refractivity contribution in [3.63, 3.8) is 0 Å². The molecule has 4 aromatic rings. The number of halogens is 1. The van der Waals surface area contributed by atoms with Crippen LogP contribution in [-0.2, 0) is 25.7 Å². The SMILES string of the molecule is CC(C)n1c(=O)c(OCC(N)=O)cc2cc(Nc3nc(N4CCC(OC5CN([C@H]6CC[C@@H](c7ccc8c(c7)CN(C7CCC(=O)NC7=O)C8=O)CC6)C5)CC4)ncc3Cl)ccc21. The Balaban J connectivity index is 0.739. The molecule has 62 heavy (non-hydrogen) atoms. The first kappa shape index (κ1) is 41.8. The number of amides is 4. The van der Waals surface area contributed by atoms with Gasteiger partial charge in [-0.1, -0.05) is 23.7 Å². The molecule has 4 amide bonds. The molecule has 2 aromatic heterocycles. The van der Waals surface area contributed by atoms with Gasteiger partial charge in [-0.15, -0.1) is 0 Å². The summed E-state index contributed by atoms with van der Waals surface area (Å²) < 4.78 is 13.7. The summed E-state index contributed by atoms with van der Waals surface area (Å²) in [5.74, 6) is 0.0785. The van der Waals surface area contributed by atoms with Crippen molar-refractivity contribution in [1.29, 1.82) is 0 Å². The van der Waals surface area contributed by atoms with Gasteiger partial charge in [0.25, 0.3) is 17.4 Å². The quantitative estimate of drug-likeness (QED) is 0.165. The highest BCUT2D eigenvalue weighted by Crippen LogP contribution is 2.39. The number of rotatable bonds is 12. The summed E-state index contributed by atoms with van der Waals surface area (Å²) >= 11 is 6.58. The predicted octanol–water partition coefficient (Wildman–Crippen LogP) is 4.79. The van der Waals surface area contributed by atoms with Gasteiger partial charge in [-0.05, 0) is 106 Å². The van der Waals surface area contributed by atoms with Crippen LogP contribution in [0.2, 0.25) is 5.02 Å². The third-order valence-corrected chi connectivity index (χ3v) is 13.4. The molecule has 16 nitrogen and oxygen atoms in total. The molecule has 2 aromatic carbocycles. The second kappa shape index (κ2) is 17.3. The summed E-state index contributed by atoms with van der Waals surface area (Å²) in [6.07, 6.45) is 8.82. The van der Waals surface area contributed by atoms with Gasteiger partial charge < -0.3 is 34.9 Å². The van der Waals surface area contributed by atoms with Crippen LogP contribution < -0.4 is 31.6 Å². The van der Waals surface area contributed by atoms with Gasteiger partial charge in [0.2, 0.25) is 17.8 Å². The van der Waals surface area contributed by atoms with Crippen molar-refractivity contribution in [1.82, 2.24) is 29.7 Å². The zero-order chi connectivity index (χ0) is 43.2. The number of pyridine rings is 1. The van der Waals surface area contributed by atoms with Crippen LogP contribution in [0, 0.1) is 0 Å². The first-order valence-electron chi connectivity index (χ1n) is 21.7. The van der Waals surface area contributed by atoms with E-state index in [0.29, 0.717) is 53.0 Å². The fraction of sp³-hybridized carbons (Fsp3) is 0.489. The van der Waals surface area contributed by atoms with Crippen LogP contribution in [0.4, 0.5) is 17.5 Å². The maximum absolute atomic E-state index is 13.2. The molecule has 9 rings (SSSR count). The van der Waals surface area contributed by atoms with Gasteiger partial charge in [0, 0.05) is 67.9 Å². The summed E-state index contributed by atoms with van der Waals surface area (Å²) in [6.45, 7) is 7.25. The number of anilines is 3. The van der Waals surface area contributed by atoms with E-state index in [1.807, 2.05) is 38.1 Å². The number of piperidine rings is 2. The number of likely N-dealkylation sites (tertiary alicyclic amines) is 1. The second-order valence-electron chi connectivity index (χ2n) is 17.5. The molecule has 0 radical (unpaired) electrons. The van der Waals surface area contributed by atoms with Gasteiger partial charge in [-0.3, -0.25) is 34.2 Å². The summed E-state index contributed by atoms with van der Waals surface area (Å²) in [5.41, 5.74) is 9.25. The monoisotopic (exact) mass is 865 g/mol. The van der Waals surface area contributed by atoms with E-state index in [0.717, 1.165) is 81.2 Å². The normalized spacial score (nSPS) is 22.5. The molecule has 4 N–H and O–H groups in total. The minimum absolute atomic E-state index is 0.0445. The number of fused-ring (bicyclic) bond motifs is 2. The van der Waals surface area contributed by atoms with Gasteiger partial charge in [0.1, 0.15) is 11.1 Å². The van der Waals surface area contributed by atoms with E-state index in [4.69, 9.17) is 31.8 Å². The molecular formula is C45H52ClN9O7. The van der Waals surface area contributed by atoms with Crippen LogP contribution in [0.3, 0.4) is 0 Å². The number of hydrogen-bond donors (Lipinski definition) is 3. The maximum atomic E-state index is 13.2. The van der Waals surface area contributed by atoms with E-state index in [1.54, 1.807) is 21.7 Å². The molecule has 1 unspecified atom stereocenters. The Labute approximate surface area is 364 Å². The van der Waals surface area contributed by atoms with Gasteiger partial charge in [0.05, 0.1) is 23.9 Å². The molecule has 6 heterocycles. The molecule has 5 aliphatic rings. The molecule has 326 valence electrons.